The lowest BCUT2D eigenvalue weighted by Gasteiger charge is -2.09. The van der Waals surface area contributed by atoms with E-state index in [9.17, 15) is 41.9 Å². The second-order valence-corrected chi connectivity index (χ2v) is 14.1. The van der Waals surface area contributed by atoms with Crippen molar-refractivity contribution in [1.82, 2.24) is 34.8 Å². The summed E-state index contributed by atoms with van der Waals surface area (Å²) in [5.41, 5.74) is 3.63. The number of nitrogens with zero attached hydrogens (tertiary/aromatic N) is 5. The summed E-state index contributed by atoms with van der Waals surface area (Å²) in [5, 5.41) is 18.0. The lowest BCUT2D eigenvalue weighted by atomic mass is 10.0. The van der Waals surface area contributed by atoms with Gasteiger partial charge in [0.2, 0.25) is 0 Å². The van der Waals surface area contributed by atoms with Gasteiger partial charge in [0.1, 0.15) is 22.9 Å². The summed E-state index contributed by atoms with van der Waals surface area (Å²) in [6, 6.07) is 7.56. The molecule has 0 atom stereocenters. The Balaban J connectivity index is 0.000000233. The van der Waals surface area contributed by atoms with Gasteiger partial charge in [0.15, 0.2) is 11.6 Å². The van der Waals surface area contributed by atoms with Gasteiger partial charge in [-0.05, 0) is 94.5 Å². The zero-order chi connectivity index (χ0) is 44.2. The number of rotatable bonds is 12. The van der Waals surface area contributed by atoms with Crippen LogP contribution < -0.4 is 21.3 Å². The van der Waals surface area contributed by atoms with Crippen molar-refractivity contribution < 1.29 is 41.9 Å². The fraction of sp³-hybridized carbons (Fsp3) is 0.286. The Bertz CT molecular complexity index is 2610. The summed E-state index contributed by atoms with van der Waals surface area (Å²) in [6.07, 6.45) is 8.91. The standard InChI is InChI=1S/C22H22F2N6O3.C20H20FN3O3/c1-11-18(20(31)22(33)25-9-14-10-30(28-27-14)15-5-6-15)12(2)29(3)19(11)21(32)26-13-4-7-16(23)17(24)8-13;1-6-9-22-20(27)18(25)16-12(3)17(24(5)13(16)4)19(26)23-14-7-8-15(21)11(2)10-14/h4,7-8,10,15H,5-6,9H2,1-3H3,(H,25,33)(H,26,32);1,7-8,10H,9H2,2-5H3,(H,22,27)(H,23,26). The molecule has 0 bridgehead atoms. The first-order chi connectivity index (χ1) is 28.4. The third-order valence-electron chi connectivity index (χ3n) is 10.0. The highest BCUT2D eigenvalue weighted by Crippen LogP contribution is 2.33. The molecule has 3 aromatic heterocycles. The summed E-state index contributed by atoms with van der Waals surface area (Å²) < 4.78 is 44.8. The number of aryl methyl sites for hydroxylation is 1. The molecule has 1 aliphatic rings. The molecule has 2 aromatic carbocycles. The molecule has 3 heterocycles. The number of halogens is 3. The number of terminal acetylenes is 1. The molecule has 0 aliphatic heterocycles. The van der Waals surface area contributed by atoms with E-state index in [1.54, 1.807) is 64.2 Å². The largest absolute Gasteiger partial charge is 0.343 e. The lowest BCUT2D eigenvalue weighted by molar-refractivity contribution is -0.117. The van der Waals surface area contributed by atoms with Crippen LogP contribution in [0.4, 0.5) is 24.5 Å². The van der Waals surface area contributed by atoms with E-state index in [0.717, 1.165) is 25.0 Å². The van der Waals surface area contributed by atoms with E-state index < -0.39 is 46.8 Å². The van der Waals surface area contributed by atoms with Crippen LogP contribution in [0.3, 0.4) is 0 Å². The van der Waals surface area contributed by atoms with Crippen LogP contribution >= 0.6 is 0 Å². The second-order valence-electron chi connectivity index (χ2n) is 14.1. The number of carbonyl (C=O) groups is 6. The van der Waals surface area contributed by atoms with Crippen molar-refractivity contribution in [3.63, 3.8) is 0 Å². The van der Waals surface area contributed by atoms with Crippen molar-refractivity contribution in [2.24, 2.45) is 14.1 Å². The van der Waals surface area contributed by atoms with Crippen molar-refractivity contribution in [1.29, 1.82) is 0 Å². The average molecular weight is 826 g/mol. The Hall–Kier alpha value is -7.29. The average Bonchev–Trinajstić information content (AvgIpc) is 3.84. The zero-order valence-electron chi connectivity index (χ0n) is 33.8. The summed E-state index contributed by atoms with van der Waals surface area (Å²) in [4.78, 5) is 75.3. The van der Waals surface area contributed by atoms with E-state index in [1.807, 2.05) is 0 Å². The number of ketones is 2. The van der Waals surface area contributed by atoms with E-state index in [0.29, 0.717) is 45.5 Å². The molecule has 15 nitrogen and oxygen atoms in total. The van der Waals surface area contributed by atoms with Crippen LogP contribution in [0.5, 0.6) is 0 Å². The molecule has 0 spiro atoms. The first-order valence-electron chi connectivity index (χ1n) is 18.5. The fourth-order valence-electron chi connectivity index (χ4n) is 6.55. The molecule has 0 unspecified atom stereocenters. The minimum Gasteiger partial charge on any atom is -0.343 e. The number of aromatic nitrogens is 5. The summed E-state index contributed by atoms with van der Waals surface area (Å²) in [5.74, 6) is -4.58. The maximum Gasteiger partial charge on any atom is 0.293 e. The lowest BCUT2D eigenvalue weighted by Crippen LogP contribution is -2.31. The van der Waals surface area contributed by atoms with Crippen molar-refractivity contribution in [3.8, 4) is 12.3 Å². The Labute approximate surface area is 342 Å². The smallest absolute Gasteiger partial charge is 0.293 e. The van der Waals surface area contributed by atoms with Gasteiger partial charge in [-0.2, -0.15) is 0 Å². The molecule has 5 aromatic rings. The molecule has 60 heavy (non-hydrogen) atoms. The number of nitrogens with one attached hydrogen (secondary N) is 4. The molecule has 18 heteroatoms. The van der Waals surface area contributed by atoms with Gasteiger partial charge in [-0.1, -0.05) is 11.1 Å². The van der Waals surface area contributed by atoms with E-state index in [2.05, 4.69) is 37.5 Å². The topological polar surface area (TPSA) is 191 Å². The predicted molar refractivity (Wildman–Crippen MR) is 214 cm³/mol. The van der Waals surface area contributed by atoms with Crippen LogP contribution in [0.1, 0.15) is 94.3 Å². The fourth-order valence-corrected chi connectivity index (χ4v) is 6.55. The summed E-state index contributed by atoms with van der Waals surface area (Å²) >= 11 is 0. The number of hydrogen-bond donors (Lipinski definition) is 4. The molecular weight excluding hydrogens is 784 g/mol. The molecule has 4 amide bonds. The molecule has 6 rings (SSSR count). The Kier molecular flexibility index (Phi) is 13.2. The number of hydrogen-bond acceptors (Lipinski definition) is 8. The summed E-state index contributed by atoms with van der Waals surface area (Å²) in [6.45, 7) is 7.98. The van der Waals surface area contributed by atoms with Gasteiger partial charge in [0, 0.05) is 42.9 Å². The van der Waals surface area contributed by atoms with Crippen LogP contribution in [0, 0.1) is 64.4 Å². The second kappa shape index (κ2) is 18.1. The molecule has 1 saturated carbocycles. The van der Waals surface area contributed by atoms with E-state index in [4.69, 9.17) is 6.42 Å². The van der Waals surface area contributed by atoms with Crippen LogP contribution in [-0.2, 0) is 30.2 Å². The SMILES string of the molecule is C#CCNC(=O)C(=O)c1c(C)c(C(=O)Nc2ccc(F)c(C)c2)n(C)c1C.Cc1c(C(=O)C(=O)NCc2cn(C3CC3)nn2)c(C)n(C)c1C(=O)Nc1ccc(F)c(F)c1. The van der Waals surface area contributed by atoms with E-state index >= 15 is 0 Å². The van der Waals surface area contributed by atoms with E-state index in [-0.39, 0.29) is 47.1 Å². The van der Waals surface area contributed by atoms with Crippen LogP contribution in [0.2, 0.25) is 0 Å². The molecule has 312 valence electrons. The molecule has 0 saturated heterocycles. The minimum atomic E-state index is -1.10. The highest BCUT2D eigenvalue weighted by molar-refractivity contribution is 6.44. The molecule has 1 fully saturated rings. The third-order valence-corrected chi connectivity index (χ3v) is 10.0. The van der Waals surface area contributed by atoms with Gasteiger partial charge in [0.25, 0.3) is 35.2 Å². The molecule has 4 N–H and O–H groups in total. The monoisotopic (exact) mass is 825 g/mol. The Morgan fingerprint density at radius 2 is 1.23 bits per heavy atom. The Morgan fingerprint density at radius 1 is 0.733 bits per heavy atom. The number of anilines is 2. The third kappa shape index (κ3) is 9.36. The van der Waals surface area contributed by atoms with Gasteiger partial charge < -0.3 is 30.4 Å². The van der Waals surface area contributed by atoms with Crippen LogP contribution in [-0.4, -0.2) is 65.9 Å². The first kappa shape index (κ1) is 43.8. The van der Waals surface area contributed by atoms with Gasteiger partial charge in [-0.25, -0.2) is 17.9 Å². The predicted octanol–water partition coefficient (Wildman–Crippen LogP) is 4.87. The molecule has 1 aliphatic carbocycles. The maximum absolute atomic E-state index is 13.5. The quantitative estimate of drug-likeness (QED) is 0.0778. The molecular formula is C42H42F3N9O6. The summed E-state index contributed by atoms with van der Waals surface area (Å²) in [7, 11) is 3.21. The number of amides is 4. The highest BCUT2D eigenvalue weighted by atomic mass is 19.2. The minimum absolute atomic E-state index is 0.0473. The van der Waals surface area contributed by atoms with Gasteiger partial charge in [0.05, 0.1) is 36.5 Å². The van der Waals surface area contributed by atoms with Gasteiger partial charge >= 0.3 is 0 Å². The number of carbonyl (C=O) groups excluding carboxylic acids is 6. The highest BCUT2D eigenvalue weighted by Gasteiger charge is 2.30. The van der Waals surface area contributed by atoms with Crippen LogP contribution in [0.15, 0.2) is 42.6 Å². The van der Waals surface area contributed by atoms with Gasteiger partial charge in [-0.3, -0.25) is 28.8 Å². The van der Waals surface area contributed by atoms with E-state index in [1.165, 1.54) is 28.8 Å². The van der Waals surface area contributed by atoms with Crippen molar-refractivity contribution >= 4 is 46.6 Å². The normalized spacial score (nSPS) is 11.8. The van der Waals surface area contributed by atoms with Crippen LogP contribution in [0.25, 0.3) is 0 Å². The van der Waals surface area contributed by atoms with Crippen molar-refractivity contribution in [3.05, 3.63) is 116 Å². The first-order valence-corrected chi connectivity index (χ1v) is 18.5. The zero-order valence-corrected chi connectivity index (χ0v) is 33.8. The van der Waals surface area contributed by atoms with Gasteiger partial charge in [-0.15, -0.1) is 11.5 Å². The Morgan fingerprint density at radius 3 is 1.72 bits per heavy atom. The maximum atomic E-state index is 13.5. The van der Waals surface area contributed by atoms with Crippen molar-refractivity contribution in [2.75, 3.05) is 17.2 Å². The number of benzene rings is 2. The number of Topliss-reactive ketones (excluding diaryl/α,β-unsaturated/α-hetero) is 2. The van der Waals surface area contributed by atoms with Crippen molar-refractivity contribution in [2.45, 2.75) is 60.0 Å². The molecule has 0 radical (unpaired) electrons.